The molecule has 1 heterocycles. The second-order valence-electron chi connectivity index (χ2n) is 5.71. The summed E-state index contributed by atoms with van der Waals surface area (Å²) in [4.78, 5) is 27.9. The number of benzene rings is 2. The largest absolute Gasteiger partial charge is 0.366 e. The Balaban J connectivity index is 1.69. The topological polar surface area (TPSA) is 78.0 Å². The molecule has 5 nitrogen and oxygen atoms in total. The van der Waals surface area contributed by atoms with Crippen LogP contribution in [-0.4, -0.2) is 21.2 Å². The van der Waals surface area contributed by atoms with E-state index in [0.717, 1.165) is 5.56 Å². The van der Waals surface area contributed by atoms with Gasteiger partial charge in [0.15, 0.2) is 5.78 Å². The van der Waals surface area contributed by atoms with Gasteiger partial charge in [-0.05, 0) is 29.8 Å². The number of nitrogens with zero attached hydrogens (tertiary/aromatic N) is 2. The fourth-order valence-corrected chi connectivity index (χ4v) is 2.76. The number of carbonyl (C=O) groups is 2. The smallest absolute Gasteiger partial charge is 0.248 e. The summed E-state index contributed by atoms with van der Waals surface area (Å²) in [5, 5.41) is 0.683. The van der Waals surface area contributed by atoms with E-state index in [-0.39, 0.29) is 12.2 Å². The quantitative estimate of drug-likeness (QED) is 0.691. The highest BCUT2D eigenvalue weighted by molar-refractivity contribution is 6.30. The van der Waals surface area contributed by atoms with Crippen LogP contribution in [0.15, 0.2) is 61.1 Å². The number of rotatable bonds is 6. The SMILES string of the molecule is NC(=O)c1cccc(C(=O)Cc2cn(Cc3cccc(Cl)c3)cn2)c1. The fourth-order valence-electron chi connectivity index (χ4n) is 2.54. The van der Waals surface area contributed by atoms with Crippen molar-refractivity contribution in [2.75, 3.05) is 0 Å². The minimum absolute atomic E-state index is 0.115. The van der Waals surface area contributed by atoms with Crippen LogP contribution < -0.4 is 5.73 Å². The summed E-state index contributed by atoms with van der Waals surface area (Å²) in [5.41, 5.74) is 7.73. The number of ketones is 1. The van der Waals surface area contributed by atoms with Crippen molar-refractivity contribution in [2.24, 2.45) is 5.73 Å². The Morgan fingerprint density at radius 1 is 1.08 bits per heavy atom. The molecule has 2 aromatic carbocycles. The number of amides is 1. The van der Waals surface area contributed by atoms with Crippen LogP contribution in [0.2, 0.25) is 5.02 Å². The lowest BCUT2D eigenvalue weighted by Gasteiger charge is -2.03. The lowest BCUT2D eigenvalue weighted by Crippen LogP contribution is -2.12. The molecular formula is C19H16ClN3O2. The maximum Gasteiger partial charge on any atom is 0.248 e. The van der Waals surface area contributed by atoms with Crippen molar-refractivity contribution >= 4 is 23.3 Å². The number of nitrogens with two attached hydrogens (primary N) is 1. The van der Waals surface area contributed by atoms with Crippen molar-refractivity contribution in [3.05, 3.63) is 88.5 Å². The average Bonchev–Trinajstić information content (AvgIpc) is 3.02. The number of primary amides is 1. The molecule has 126 valence electrons. The van der Waals surface area contributed by atoms with Crippen LogP contribution in [-0.2, 0) is 13.0 Å². The summed E-state index contributed by atoms with van der Waals surface area (Å²) in [7, 11) is 0. The molecule has 0 saturated heterocycles. The summed E-state index contributed by atoms with van der Waals surface area (Å²) in [6.07, 6.45) is 3.67. The van der Waals surface area contributed by atoms with Gasteiger partial charge in [-0.25, -0.2) is 4.98 Å². The van der Waals surface area contributed by atoms with E-state index >= 15 is 0 Å². The summed E-state index contributed by atoms with van der Waals surface area (Å²) < 4.78 is 1.90. The van der Waals surface area contributed by atoms with E-state index in [2.05, 4.69) is 4.98 Å². The minimum Gasteiger partial charge on any atom is -0.366 e. The van der Waals surface area contributed by atoms with Crippen molar-refractivity contribution in [1.29, 1.82) is 0 Å². The number of carbonyl (C=O) groups excluding carboxylic acids is 2. The Labute approximate surface area is 150 Å². The molecule has 3 aromatic rings. The highest BCUT2D eigenvalue weighted by Crippen LogP contribution is 2.13. The normalized spacial score (nSPS) is 10.6. The first-order valence-corrected chi connectivity index (χ1v) is 8.07. The highest BCUT2D eigenvalue weighted by Gasteiger charge is 2.11. The predicted octanol–water partition coefficient (Wildman–Crippen LogP) is 3.11. The molecule has 0 saturated carbocycles. The van der Waals surface area contributed by atoms with Gasteiger partial charge in [-0.3, -0.25) is 9.59 Å². The van der Waals surface area contributed by atoms with Gasteiger partial charge in [0.05, 0.1) is 18.4 Å². The fraction of sp³-hybridized carbons (Fsp3) is 0.105. The highest BCUT2D eigenvalue weighted by atomic mass is 35.5. The van der Waals surface area contributed by atoms with Gasteiger partial charge in [0, 0.05) is 28.9 Å². The van der Waals surface area contributed by atoms with Gasteiger partial charge in [-0.1, -0.05) is 35.9 Å². The first-order valence-electron chi connectivity index (χ1n) is 7.69. The number of Topliss-reactive ketones (excluding diaryl/α,β-unsaturated/α-hetero) is 1. The molecule has 0 atom stereocenters. The van der Waals surface area contributed by atoms with Crippen LogP contribution in [0.1, 0.15) is 32.0 Å². The van der Waals surface area contributed by atoms with Crippen molar-refractivity contribution in [1.82, 2.24) is 9.55 Å². The molecule has 25 heavy (non-hydrogen) atoms. The molecule has 0 fully saturated rings. The Hall–Kier alpha value is -2.92. The second kappa shape index (κ2) is 7.32. The molecule has 2 N–H and O–H groups in total. The van der Waals surface area contributed by atoms with E-state index in [9.17, 15) is 9.59 Å². The number of hydrogen-bond acceptors (Lipinski definition) is 3. The molecule has 1 aromatic heterocycles. The molecule has 6 heteroatoms. The third kappa shape index (κ3) is 4.33. The van der Waals surface area contributed by atoms with E-state index in [1.54, 1.807) is 24.5 Å². The Bertz CT molecular complexity index is 934. The Morgan fingerprint density at radius 2 is 1.84 bits per heavy atom. The molecule has 0 aliphatic rings. The number of aromatic nitrogens is 2. The zero-order valence-corrected chi connectivity index (χ0v) is 14.1. The van der Waals surface area contributed by atoms with E-state index in [1.165, 1.54) is 6.07 Å². The summed E-state index contributed by atoms with van der Waals surface area (Å²) in [5.74, 6) is -0.670. The summed E-state index contributed by atoms with van der Waals surface area (Å²) >= 11 is 5.99. The third-order valence-corrected chi connectivity index (χ3v) is 3.99. The first kappa shape index (κ1) is 16.9. The van der Waals surface area contributed by atoms with Crippen LogP contribution in [0.25, 0.3) is 0 Å². The van der Waals surface area contributed by atoms with Crippen LogP contribution in [0.3, 0.4) is 0 Å². The first-order chi connectivity index (χ1) is 12.0. The van der Waals surface area contributed by atoms with Gasteiger partial charge < -0.3 is 10.3 Å². The molecule has 0 spiro atoms. The van der Waals surface area contributed by atoms with E-state index in [4.69, 9.17) is 17.3 Å². The van der Waals surface area contributed by atoms with Gasteiger partial charge >= 0.3 is 0 Å². The van der Waals surface area contributed by atoms with Crippen LogP contribution in [0.4, 0.5) is 0 Å². The molecule has 1 amide bonds. The monoisotopic (exact) mass is 353 g/mol. The number of imidazole rings is 1. The summed E-state index contributed by atoms with van der Waals surface area (Å²) in [6.45, 7) is 0.624. The lowest BCUT2D eigenvalue weighted by molar-refractivity contribution is 0.0992. The predicted molar refractivity (Wildman–Crippen MR) is 95.8 cm³/mol. The molecule has 0 bridgehead atoms. The Kier molecular flexibility index (Phi) is 4.95. The van der Waals surface area contributed by atoms with Crippen LogP contribution in [0.5, 0.6) is 0 Å². The molecule has 0 aliphatic heterocycles. The van der Waals surface area contributed by atoms with Crippen LogP contribution >= 0.6 is 11.6 Å². The van der Waals surface area contributed by atoms with Gasteiger partial charge in [0.25, 0.3) is 0 Å². The van der Waals surface area contributed by atoms with E-state index in [1.807, 2.05) is 35.0 Å². The standard InChI is InChI=1S/C19H16ClN3O2/c20-16-6-1-3-13(7-16)10-23-11-17(22-12-23)9-18(24)14-4-2-5-15(8-14)19(21)25/h1-8,11-12H,9-10H2,(H2,21,25). The zero-order chi connectivity index (χ0) is 17.8. The zero-order valence-electron chi connectivity index (χ0n) is 13.4. The average molecular weight is 354 g/mol. The Morgan fingerprint density at radius 3 is 2.60 bits per heavy atom. The summed E-state index contributed by atoms with van der Waals surface area (Å²) in [6, 6.07) is 14.0. The van der Waals surface area contributed by atoms with Crippen LogP contribution in [0, 0.1) is 0 Å². The van der Waals surface area contributed by atoms with E-state index < -0.39 is 5.91 Å². The van der Waals surface area contributed by atoms with Crippen molar-refractivity contribution in [2.45, 2.75) is 13.0 Å². The van der Waals surface area contributed by atoms with Crippen molar-refractivity contribution < 1.29 is 9.59 Å². The molecule has 0 aliphatic carbocycles. The van der Waals surface area contributed by atoms with E-state index in [0.29, 0.717) is 28.4 Å². The second-order valence-corrected chi connectivity index (χ2v) is 6.15. The minimum atomic E-state index is -0.555. The third-order valence-electron chi connectivity index (χ3n) is 3.75. The van der Waals surface area contributed by atoms with Gasteiger partial charge in [-0.15, -0.1) is 0 Å². The maximum atomic E-state index is 12.4. The van der Waals surface area contributed by atoms with Gasteiger partial charge in [-0.2, -0.15) is 0 Å². The maximum absolute atomic E-state index is 12.4. The van der Waals surface area contributed by atoms with Crippen molar-refractivity contribution in [3.63, 3.8) is 0 Å². The van der Waals surface area contributed by atoms with Gasteiger partial charge in [0.1, 0.15) is 0 Å². The molecule has 0 unspecified atom stereocenters. The van der Waals surface area contributed by atoms with Gasteiger partial charge in [0.2, 0.25) is 5.91 Å². The molecule has 0 radical (unpaired) electrons. The molecule has 3 rings (SSSR count). The number of hydrogen-bond donors (Lipinski definition) is 1. The molecular weight excluding hydrogens is 338 g/mol. The van der Waals surface area contributed by atoms with Crippen molar-refractivity contribution in [3.8, 4) is 0 Å². The number of halogens is 1. The lowest BCUT2D eigenvalue weighted by atomic mass is 10.0.